The highest BCUT2D eigenvalue weighted by Gasteiger charge is 2.31. The van der Waals surface area contributed by atoms with Crippen LogP contribution in [0.2, 0.25) is 0 Å². The van der Waals surface area contributed by atoms with Gasteiger partial charge in [0.2, 0.25) is 11.8 Å². The van der Waals surface area contributed by atoms with Crippen LogP contribution in [0.4, 0.5) is 4.39 Å². The minimum Gasteiger partial charge on any atom is -0.343 e. The van der Waals surface area contributed by atoms with Gasteiger partial charge >= 0.3 is 0 Å². The number of piperazine rings is 1. The molecule has 5 heteroatoms. The Morgan fingerprint density at radius 1 is 1.30 bits per heavy atom. The summed E-state index contributed by atoms with van der Waals surface area (Å²) in [6.07, 6.45) is 2.14. The maximum Gasteiger partial charge on any atom is 0.245 e. The molecule has 0 aliphatic carbocycles. The van der Waals surface area contributed by atoms with Crippen LogP contribution in [0.25, 0.3) is 0 Å². The number of carbonyl (C=O) groups excluding carboxylic acids is 2. The molecule has 2 rings (SSSR count). The number of rotatable bonds is 5. The van der Waals surface area contributed by atoms with Crippen molar-refractivity contribution in [1.29, 1.82) is 0 Å². The number of benzene rings is 1. The van der Waals surface area contributed by atoms with Gasteiger partial charge in [-0.25, -0.2) is 4.39 Å². The summed E-state index contributed by atoms with van der Waals surface area (Å²) in [5, 5.41) is 2.72. The SMILES string of the molecule is CCCC1NC(=O)CN(CCc2ccc(F)cc2)C1=O. The Morgan fingerprint density at radius 2 is 2.00 bits per heavy atom. The van der Waals surface area contributed by atoms with Crippen LogP contribution < -0.4 is 5.32 Å². The molecule has 0 spiro atoms. The lowest BCUT2D eigenvalue weighted by Gasteiger charge is -2.32. The second kappa shape index (κ2) is 6.50. The first-order valence-corrected chi connectivity index (χ1v) is 6.92. The van der Waals surface area contributed by atoms with E-state index in [9.17, 15) is 14.0 Å². The zero-order valence-electron chi connectivity index (χ0n) is 11.6. The minimum absolute atomic E-state index is 0.0199. The number of carbonyl (C=O) groups is 2. The van der Waals surface area contributed by atoms with Crippen molar-refractivity contribution in [2.75, 3.05) is 13.1 Å². The fraction of sp³-hybridized carbons (Fsp3) is 0.467. The van der Waals surface area contributed by atoms with Crippen molar-refractivity contribution in [3.8, 4) is 0 Å². The quantitative estimate of drug-likeness (QED) is 0.887. The van der Waals surface area contributed by atoms with E-state index in [1.807, 2.05) is 6.92 Å². The fourth-order valence-electron chi connectivity index (χ4n) is 2.36. The second-order valence-corrected chi connectivity index (χ2v) is 5.05. The number of amides is 2. The average Bonchev–Trinajstić information content (AvgIpc) is 2.43. The molecule has 1 aromatic rings. The summed E-state index contributed by atoms with van der Waals surface area (Å²) >= 11 is 0. The van der Waals surface area contributed by atoms with Crippen molar-refractivity contribution in [2.24, 2.45) is 0 Å². The normalized spacial score (nSPS) is 19.1. The second-order valence-electron chi connectivity index (χ2n) is 5.05. The Kier molecular flexibility index (Phi) is 4.71. The Morgan fingerprint density at radius 3 is 2.65 bits per heavy atom. The molecule has 1 aliphatic rings. The molecule has 0 radical (unpaired) electrons. The highest BCUT2D eigenvalue weighted by Crippen LogP contribution is 2.10. The number of halogens is 1. The summed E-state index contributed by atoms with van der Waals surface area (Å²) in [5.74, 6) is -0.402. The monoisotopic (exact) mass is 278 g/mol. The van der Waals surface area contributed by atoms with E-state index in [1.54, 1.807) is 17.0 Å². The topological polar surface area (TPSA) is 49.4 Å². The average molecular weight is 278 g/mol. The van der Waals surface area contributed by atoms with E-state index in [4.69, 9.17) is 0 Å². The first kappa shape index (κ1) is 14.5. The van der Waals surface area contributed by atoms with Crippen molar-refractivity contribution >= 4 is 11.8 Å². The maximum absolute atomic E-state index is 12.8. The van der Waals surface area contributed by atoms with Crippen LogP contribution in [0.3, 0.4) is 0 Å². The molecule has 1 N–H and O–H groups in total. The van der Waals surface area contributed by atoms with Crippen LogP contribution in [0.15, 0.2) is 24.3 Å². The van der Waals surface area contributed by atoms with E-state index in [-0.39, 0.29) is 24.2 Å². The molecular weight excluding hydrogens is 259 g/mol. The summed E-state index contributed by atoms with van der Waals surface area (Å²) in [5.41, 5.74) is 0.956. The van der Waals surface area contributed by atoms with Crippen LogP contribution in [-0.2, 0) is 16.0 Å². The smallest absolute Gasteiger partial charge is 0.245 e. The van der Waals surface area contributed by atoms with Gasteiger partial charge in [-0.1, -0.05) is 25.5 Å². The first-order valence-electron chi connectivity index (χ1n) is 6.92. The lowest BCUT2D eigenvalue weighted by molar-refractivity contribution is -0.144. The third-order valence-corrected chi connectivity index (χ3v) is 3.44. The zero-order chi connectivity index (χ0) is 14.5. The van der Waals surface area contributed by atoms with E-state index in [2.05, 4.69) is 5.32 Å². The molecule has 1 heterocycles. The first-order chi connectivity index (χ1) is 9.60. The van der Waals surface area contributed by atoms with Crippen LogP contribution >= 0.6 is 0 Å². The van der Waals surface area contributed by atoms with Gasteiger partial charge in [0.25, 0.3) is 0 Å². The number of hydrogen-bond acceptors (Lipinski definition) is 2. The molecule has 1 aromatic carbocycles. The highest BCUT2D eigenvalue weighted by molar-refractivity contribution is 5.94. The molecule has 1 saturated heterocycles. The van der Waals surface area contributed by atoms with Crippen molar-refractivity contribution in [1.82, 2.24) is 10.2 Å². The Balaban J connectivity index is 1.95. The molecule has 20 heavy (non-hydrogen) atoms. The van der Waals surface area contributed by atoms with E-state index in [0.717, 1.165) is 12.0 Å². The third-order valence-electron chi connectivity index (χ3n) is 3.44. The largest absolute Gasteiger partial charge is 0.343 e. The van der Waals surface area contributed by atoms with Crippen LogP contribution in [0.5, 0.6) is 0 Å². The maximum atomic E-state index is 12.8. The third kappa shape index (κ3) is 3.56. The van der Waals surface area contributed by atoms with Gasteiger partial charge in [-0.05, 0) is 30.5 Å². The Labute approximate surface area is 118 Å². The molecule has 1 aliphatic heterocycles. The highest BCUT2D eigenvalue weighted by atomic mass is 19.1. The molecule has 108 valence electrons. The fourth-order valence-corrected chi connectivity index (χ4v) is 2.36. The molecule has 1 unspecified atom stereocenters. The van der Waals surface area contributed by atoms with Crippen molar-refractivity contribution < 1.29 is 14.0 Å². The molecule has 1 fully saturated rings. The van der Waals surface area contributed by atoms with E-state index in [1.165, 1.54) is 12.1 Å². The number of nitrogens with zero attached hydrogens (tertiary/aromatic N) is 1. The molecule has 0 bridgehead atoms. The van der Waals surface area contributed by atoms with Gasteiger partial charge in [0.1, 0.15) is 11.9 Å². The van der Waals surface area contributed by atoms with Crippen molar-refractivity contribution in [3.63, 3.8) is 0 Å². The van der Waals surface area contributed by atoms with E-state index in [0.29, 0.717) is 19.4 Å². The van der Waals surface area contributed by atoms with Crippen LogP contribution in [0, 0.1) is 5.82 Å². The molecule has 2 amide bonds. The zero-order valence-corrected chi connectivity index (χ0v) is 11.6. The van der Waals surface area contributed by atoms with Crippen LogP contribution in [0.1, 0.15) is 25.3 Å². The van der Waals surface area contributed by atoms with Gasteiger partial charge in [0.15, 0.2) is 0 Å². The minimum atomic E-state index is -0.394. The standard InChI is InChI=1S/C15H19FN2O2/c1-2-3-13-15(20)18(10-14(19)17-13)9-8-11-4-6-12(16)7-5-11/h4-7,13H,2-3,8-10H2,1H3,(H,17,19). The van der Waals surface area contributed by atoms with Gasteiger partial charge < -0.3 is 10.2 Å². The van der Waals surface area contributed by atoms with Crippen molar-refractivity contribution in [2.45, 2.75) is 32.2 Å². The number of hydrogen-bond donors (Lipinski definition) is 1. The van der Waals surface area contributed by atoms with Crippen molar-refractivity contribution in [3.05, 3.63) is 35.6 Å². The van der Waals surface area contributed by atoms with E-state index >= 15 is 0 Å². The predicted octanol–water partition coefficient (Wildman–Crippen LogP) is 1.50. The van der Waals surface area contributed by atoms with Gasteiger partial charge in [0, 0.05) is 6.54 Å². The molecule has 0 saturated carbocycles. The summed E-state index contributed by atoms with van der Waals surface area (Å²) in [6, 6.07) is 5.81. The molecule has 1 atom stereocenters. The predicted molar refractivity (Wildman–Crippen MR) is 73.5 cm³/mol. The Hall–Kier alpha value is -1.91. The lowest BCUT2D eigenvalue weighted by atomic mass is 10.1. The molecule has 0 aromatic heterocycles. The summed E-state index contributed by atoms with van der Waals surface area (Å²) in [6.45, 7) is 2.58. The summed E-state index contributed by atoms with van der Waals surface area (Å²) in [7, 11) is 0. The summed E-state index contributed by atoms with van der Waals surface area (Å²) in [4.78, 5) is 25.4. The number of nitrogens with one attached hydrogen (secondary N) is 1. The van der Waals surface area contributed by atoms with Gasteiger partial charge in [-0.2, -0.15) is 0 Å². The molecule has 4 nitrogen and oxygen atoms in total. The van der Waals surface area contributed by atoms with Gasteiger partial charge in [-0.3, -0.25) is 9.59 Å². The van der Waals surface area contributed by atoms with Crippen LogP contribution in [-0.4, -0.2) is 35.8 Å². The lowest BCUT2D eigenvalue weighted by Crippen LogP contribution is -2.58. The van der Waals surface area contributed by atoms with E-state index < -0.39 is 6.04 Å². The summed E-state index contributed by atoms with van der Waals surface area (Å²) < 4.78 is 12.8. The van der Waals surface area contributed by atoms with Gasteiger partial charge in [-0.15, -0.1) is 0 Å². The molecular formula is C15H19FN2O2. The van der Waals surface area contributed by atoms with Gasteiger partial charge in [0.05, 0.1) is 6.54 Å². The Bertz CT molecular complexity index is 487.